The van der Waals surface area contributed by atoms with Gasteiger partial charge < -0.3 is 5.32 Å². The van der Waals surface area contributed by atoms with E-state index in [0.717, 1.165) is 24.1 Å². The smallest absolute Gasteiger partial charge is 0.249 e. The molecule has 0 fully saturated rings. The molecule has 2 aromatic rings. The summed E-state index contributed by atoms with van der Waals surface area (Å²) in [5, 5.41) is 6.20. The second-order valence-corrected chi connectivity index (χ2v) is 5.12. The summed E-state index contributed by atoms with van der Waals surface area (Å²) < 4.78 is 13.5. The summed E-state index contributed by atoms with van der Waals surface area (Å²) >= 11 is 0. The van der Waals surface area contributed by atoms with E-state index in [1.165, 1.54) is 12.1 Å². The van der Waals surface area contributed by atoms with Crippen LogP contribution in [0.2, 0.25) is 0 Å². The first-order chi connectivity index (χ1) is 12.2. The number of benzene rings is 2. The molecule has 1 amide bonds. The number of azide groups is 1. The average Bonchev–Trinajstić information content (AvgIpc) is 2.64. The Kier molecular flexibility index (Phi) is 8.93. The quantitative estimate of drug-likeness (QED) is 0.453. The van der Waals surface area contributed by atoms with Crippen molar-refractivity contribution in [3.8, 4) is 0 Å². The van der Waals surface area contributed by atoms with Gasteiger partial charge in [0.2, 0.25) is 5.91 Å². The van der Waals surface area contributed by atoms with E-state index < -0.39 is 5.91 Å². The molecule has 5 nitrogen and oxygen atoms in total. The highest BCUT2D eigenvalue weighted by atomic mass is 19.1. The molecule has 0 saturated heterocycles. The number of rotatable bonds is 6. The van der Waals surface area contributed by atoms with Gasteiger partial charge in [-0.1, -0.05) is 44.2 Å². The van der Waals surface area contributed by atoms with Crippen LogP contribution in [0.25, 0.3) is 10.4 Å². The highest BCUT2D eigenvalue weighted by molar-refractivity contribution is 5.95. The predicted octanol–water partition coefficient (Wildman–Crippen LogP) is 5.04. The molecule has 132 valence electrons. The Morgan fingerprint density at radius 1 is 1.20 bits per heavy atom. The molecule has 0 aromatic heterocycles. The van der Waals surface area contributed by atoms with E-state index in [0.29, 0.717) is 5.56 Å². The lowest BCUT2D eigenvalue weighted by Gasteiger charge is -2.18. The zero-order valence-electron chi connectivity index (χ0n) is 14.7. The molecule has 1 atom stereocenters. The molecule has 0 aliphatic carbocycles. The maximum atomic E-state index is 13.5. The molecule has 25 heavy (non-hydrogen) atoms. The SMILES string of the molecule is CC.CNCCC(c1cccc(F)c1)c1cccc(C(=O)N=[N+]=[N-])c1. The number of hydrogen-bond donors (Lipinski definition) is 1. The molecule has 0 heterocycles. The van der Waals surface area contributed by atoms with Crippen molar-refractivity contribution in [1.29, 1.82) is 0 Å². The topological polar surface area (TPSA) is 77.9 Å². The number of amides is 1. The average molecular weight is 342 g/mol. The fourth-order valence-corrected chi connectivity index (χ4v) is 2.52. The number of nitrogens with one attached hydrogen (secondary N) is 1. The highest BCUT2D eigenvalue weighted by Gasteiger charge is 2.16. The van der Waals surface area contributed by atoms with Crippen molar-refractivity contribution in [2.45, 2.75) is 26.2 Å². The number of carbonyl (C=O) groups excluding carboxylic acids is 1. The summed E-state index contributed by atoms with van der Waals surface area (Å²) in [7, 11) is 1.85. The Balaban J connectivity index is 0.00000151. The van der Waals surface area contributed by atoms with E-state index in [1.54, 1.807) is 24.3 Å². The molecule has 2 aromatic carbocycles. The molecule has 1 unspecified atom stereocenters. The Hall–Kier alpha value is -2.69. The van der Waals surface area contributed by atoms with Crippen LogP contribution in [-0.2, 0) is 0 Å². The van der Waals surface area contributed by atoms with E-state index in [9.17, 15) is 9.18 Å². The number of halogens is 1. The lowest BCUT2D eigenvalue weighted by molar-refractivity contribution is 0.1000. The van der Waals surface area contributed by atoms with Crippen molar-refractivity contribution in [3.05, 3.63) is 81.5 Å². The monoisotopic (exact) mass is 342 g/mol. The predicted molar refractivity (Wildman–Crippen MR) is 98.1 cm³/mol. The minimum absolute atomic E-state index is 0.0584. The molecule has 0 saturated carbocycles. The summed E-state index contributed by atoms with van der Waals surface area (Å²) in [4.78, 5) is 14.3. The van der Waals surface area contributed by atoms with Gasteiger partial charge in [-0.25, -0.2) is 4.39 Å². The largest absolute Gasteiger partial charge is 0.320 e. The summed E-state index contributed by atoms with van der Waals surface area (Å²) in [6, 6.07) is 13.4. The zero-order chi connectivity index (χ0) is 18.7. The summed E-state index contributed by atoms with van der Waals surface area (Å²) in [6.07, 6.45) is 0.749. The van der Waals surface area contributed by atoms with Crippen LogP contribution in [0.1, 0.15) is 47.7 Å². The van der Waals surface area contributed by atoms with Gasteiger partial charge in [0.05, 0.1) is 0 Å². The minimum Gasteiger partial charge on any atom is -0.320 e. The highest BCUT2D eigenvalue weighted by Crippen LogP contribution is 2.29. The van der Waals surface area contributed by atoms with Crippen molar-refractivity contribution >= 4 is 5.91 Å². The number of carbonyl (C=O) groups is 1. The minimum atomic E-state index is -0.624. The second-order valence-electron chi connectivity index (χ2n) is 5.12. The van der Waals surface area contributed by atoms with Crippen molar-refractivity contribution in [3.63, 3.8) is 0 Å². The van der Waals surface area contributed by atoms with Crippen molar-refractivity contribution in [2.75, 3.05) is 13.6 Å². The lowest BCUT2D eigenvalue weighted by atomic mass is 9.87. The van der Waals surface area contributed by atoms with Gasteiger partial charge >= 0.3 is 0 Å². The Morgan fingerprint density at radius 3 is 2.44 bits per heavy atom. The fraction of sp³-hybridized carbons (Fsp3) is 0.316. The van der Waals surface area contributed by atoms with Crippen LogP contribution in [0.15, 0.2) is 53.6 Å². The van der Waals surface area contributed by atoms with Crippen LogP contribution in [0.5, 0.6) is 0 Å². The molecular formula is C19H23FN4O. The third-order valence-electron chi connectivity index (χ3n) is 3.61. The molecule has 0 spiro atoms. The van der Waals surface area contributed by atoms with Crippen LogP contribution >= 0.6 is 0 Å². The van der Waals surface area contributed by atoms with Crippen molar-refractivity contribution in [2.24, 2.45) is 5.11 Å². The molecule has 6 heteroatoms. The van der Waals surface area contributed by atoms with Crippen LogP contribution in [0.3, 0.4) is 0 Å². The molecule has 2 rings (SSSR count). The Labute approximate surface area is 147 Å². The van der Waals surface area contributed by atoms with Gasteiger partial charge in [-0.3, -0.25) is 4.79 Å². The van der Waals surface area contributed by atoms with Crippen LogP contribution in [0, 0.1) is 5.82 Å². The van der Waals surface area contributed by atoms with Gasteiger partial charge in [0, 0.05) is 16.4 Å². The molecule has 1 N–H and O–H groups in total. The van der Waals surface area contributed by atoms with Gasteiger partial charge in [-0.05, 0) is 60.0 Å². The van der Waals surface area contributed by atoms with Crippen LogP contribution in [-0.4, -0.2) is 19.5 Å². The normalized spacial score (nSPS) is 10.9. The first kappa shape index (κ1) is 20.4. The molecule has 0 aliphatic heterocycles. The van der Waals surface area contributed by atoms with Crippen molar-refractivity contribution < 1.29 is 9.18 Å². The van der Waals surface area contributed by atoms with Gasteiger partial charge in [0.25, 0.3) is 0 Å². The van der Waals surface area contributed by atoms with E-state index in [4.69, 9.17) is 5.53 Å². The maximum Gasteiger partial charge on any atom is 0.249 e. The summed E-state index contributed by atoms with van der Waals surface area (Å²) in [6.45, 7) is 4.75. The van der Waals surface area contributed by atoms with E-state index >= 15 is 0 Å². The summed E-state index contributed by atoms with van der Waals surface area (Å²) in [5.74, 6) is -0.976. The zero-order valence-corrected chi connectivity index (χ0v) is 14.7. The molecule has 0 radical (unpaired) electrons. The van der Waals surface area contributed by atoms with Gasteiger partial charge in [0.15, 0.2) is 0 Å². The van der Waals surface area contributed by atoms with E-state index in [2.05, 4.69) is 15.3 Å². The van der Waals surface area contributed by atoms with E-state index in [1.807, 2.05) is 33.0 Å². The standard InChI is InChI=1S/C17H17FN4O.C2H6/c1-20-9-8-16(13-5-3-7-15(18)11-13)12-4-2-6-14(10-12)17(23)21-22-19;1-2/h2-7,10-11,16,20H,8-9H2,1H3;1-2H3. The first-order valence-corrected chi connectivity index (χ1v) is 8.25. The van der Waals surface area contributed by atoms with Crippen LogP contribution in [0.4, 0.5) is 4.39 Å². The van der Waals surface area contributed by atoms with Gasteiger partial charge in [-0.2, -0.15) is 0 Å². The fourth-order valence-electron chi connectivity index (χ4n) is 2.52. The summed E-state index contributed by atoms with van der Waals surface area (Å²) in [5.41, 5.74) is 10.4. The van der Waals surface area contributed by atoms with Crippen molar-refractivity contribution in [1.82, 2.24) is 5.32 Å². The third kappa shape index (κ3) is 6.03. The Morgan fingerprint density at radius 2 is 1.84 bits per heavy atom. The molecule has 0 bridgehead atoms. The van der Waals surface area contributed by atoms with Crippen LogP contribution < -0.4 is 5.32 Å². The van der Waals surface area contributed by atoms with Gasteiger partial charge in [-0.15, -0.1) is 0 Å². The third-order valence-corrected chi connectivity index (χ3v) is 3.61. The maximum absolute atomic E-state index is 13.5. The molecule has 0 aliphatic rings. The first-order valence-electron chi connectivity index (χ1n) is 8.25. The van der Waals surface area contributed by atoms with E-state index in [-0.39, 0.29) is 11.7 Å². The Bertz CT molecular complexity index is 742. The number of hydrogen-bond acceptors (Lipinski definition) is 2. The second kappa shape index (κ2) is 11.0. The lowest BCUT2D eigenvalue weighted by Crippen LogP contribution is -2.13. The van der Waals surface area contributed by atoms with Gasteiger partial charge in [0.1, 0.15) is 5.82 Å². The molecular weight excluding hydrogens is 319 g/mol. The number of nitrogens with zero attached hydrogens (tertiary/aromatic N) is 3.